The number of nitrogen functional groups attached to an aromatic ring is 1. The molecule has 8 nitrogen and oxygen atoms in total. The van der Waals surface area contributed by atoms with Crippen molar-refractivity contribution in [2.24, 2.45) is 5.84 Å². The Bertz CT molecular complexity index is 1110. The Morgan fingerprint density at radius 1 is 0.929 bits per heavy atom. The minimum atomic E-state index is 0.463. The minimum Gasteiger partial charge on any atom is -0.363 e. The molecular weight excluding hydrogens is 352 g/mol. The molecule has 0 aliphatic carbocycles. The van der Waals surface area contributed by atoms with Gasteiger partial charge in [0, 0.05) is 24.3 Å². The molecule has 0 saturated heterocycles. The second-order valence-corrected chi connectivity index (χ2v) is 6.32. The largest absolute Gasteiger partial charge is 0.363 e. The van der Waals surface area contributed by atoms with Crippen LogP contribution in [0.1, 0.15) is 11.1 Å². The van der Waals surface area contributed by atoms with E-state index >= 15 is 0 Å². The topological polar surface area (TPSA) is 114 Å². The van der Waals surface area contributed by atoms with Gasteiger partial charge >= 0.3 is 0 Å². The number of hydrogen-bond donors (Lipinski definition) is 4. The van der Waals surface area contributed by atoms with E-state index in [4.69, 9.17) is 5.84 Å². The van der Waals surface area contributed by atoms with Gasteiger partial charge in [-0.1, -0.05) is 12.1 Å². The summed E-state index contributed by atoms with van der Waals surface area (Å²) in [6, 6.07) is 14.0. The van der Waals surface area contributed by atoms with Crippen molar-refractivity contribution in [2.45, 2.75) is 13.5 Å². The normalized spacial score (nSPS) is 10.6. The van der Waals surface area contributed by atoms with Crippen LogP contribution in [0.15, 0.2) is 61.1 Å². The van der Waals surface area contributed by atoms with Gasteiger partial charge in [0.15, 0.2) is 17.5 Å². The Hall–Kier alpha value is -3.78. The van der Waals surface area contributed by atoms with Crippen LogP contribution in [0.2, 0.25) is 0 Å². The van der Waals surface area contributed by atoms with Gasteiger partial charge in [-0.15, -0.1) is 0 Å². The van der Waals surface area contributed by atoms with Gasteiger partial charge in [0.25, 0.3) is 0 Å². The zero-order valence-electron chi connectivity index (χ0n) is 15.3. The fourth-order valence-electron chi connectivity index (χ4n) is 2.83. The summed E-state index contributed by atoms with van der Waals surface area (Å²) in [6.45, 7) is 2.58. The maximum atomic E-state index is 5.58. The average molecular weight is 372 g/mol. The van der Waals surface area contributed by atoms with Crippen molar-refractivity contribution in [3.63, 3.8) is 0 Å². The third-order valence-electron chi connectivity index (χ3n) is 4.21. The van der Waals surface area contributed by atoms with Crippen LogP contribution in [-0.4, -0.2) is 19.9 Å². The molecule has 8 heteroatoms. The summed E-state index contributed by atoms with van der Waals surface area (Å²) in [7, 11) is 0. The molecule has 0 atom stereocenters. The number of hydrogen-bond acceptors (Lipinski definition) is 8. The highest BCUT2D eigenvalue weighted by atomic mass is 15.3. The monoisotopic (exact) mass is 372 g/mol. The standard InChI is InChI=1S/C20H20N8/c1-13-6-8-23-17(9-13)26-18-12-25-20(28-21)19(27-18)24-11-14-4-5-16-15(10-14)3-2-7-22-16/h2-10,12H,11,21H2,1H3,(H,25,28)(H2,23,24,26,27). The van der Waals surface area contributed by atoms with E-state index in [1.807, 2.05) is 43.3 Å². The van der Waals surface area contributed by atoms with Gasteiger partial charge in [0.05, 0.1) is 11.7 Å². The molecule has 4 rings (SSSR count). The van der Waals surface area contributed by atoms with Gasteiger partial charge in [-0.3, -0.25) is 4.98 Å². The van der Waals surface area contributed by atoms with Crippen LogP contribution in [-0.2, 0) is 6.54 Å². The highest BCUT2D eigenvalue weighted by molar-refractivity contribution is 5.79. The van der Waals surface area contributed by atoms with Crippen LogP contribution in [0, 0.1) is 6.92 Å². The van der Waals surface area contributed by atoms with Gasteiger partial charge in [0.2, 0.25) is 0 Å². The van der Waals surface area contributed by atoms with Crippen LogP contribution in [0.4, 0.5) is 23.3 Å². The summed E-state index contributed by atoms with van der Waals surface area (Å²) in [4.78, 5) is 17.5. The molecule has 0 saturated carbocycles. The van der Waals surface area contributed by atoms with Crippen LogP contribution in [0.5, 0.6) is 0 Å². The predicted molar refractivity (Wildman–Crippen MR) is 111 cm³/mol. The van der Waals surface area contributed by atoms with Crippen LogP contribution in [0.25, 0.3) is 10.9 Å². The van der Waals surface area contributed by atoms with E-state index in [1.54, 1.807) is 18.6 Å². The molecule has 0 spiro atoms. The maximum absolute atomic E-state index is 5.58. The van der Waals surface area contributed by atoms with Gasteiger partial charge in [-0.25, -0.2) is 20.8 Å². The van der Waals surface area contributed by atoms with Gasteiger partial charge in [-0.2, -0.15) is 0 Å². The Balaban J connectivity index is 1.53. The van der Waals surface area contributed by atoms with E-state index < -0.39 is 0 Å². The van der Waals surface area contributed by atoms with Gasteiger partial charge < -0.3 is 16.1 Å². The van der Waals surface area contributed by atoms with Crippen LogP contribution >= 0.6 is 0 Å². The molecule has 0 aliphatic rings. The Morgan fingerprint density at radius 3 is 2.71 bits per heavy atom. The zero-order chi connectivity index (χ0) is 19.3. The van der Waals surface area contributed by atoms with Crippen molar-refractivity contribution in [3.8, 4) is 0 Å². The van der Waals surface area contributed by atoms with Gasteiger partial charge in [-0.05, 0) is 48.4 Å². The predicted octanol–water partition coefficient (Wildman–Crippen LogP) is 3.37. The molecule has 3 heterocycles. The summed E-state index contributed by atoms with van der Waals surface area (Å²) < 4.78 is 0. The van der Waals surface area contributed by atoms with Crippen molar-refractivity contribution >= 4 is 34.2 Å². The number of rotatable bonds is 6. The molecule has 4 aromatic rings. The summed E-state index contributed by atoms with van der Waals surface area (Å²) >= 11 is 0. The van der Waals surface area contributed by atoms with E-state index in [1.165, 1.54) is 0 Å². The summed E-state index contributed by atoms with van der Waals surface area (Å²) in [5, 5.41) is 7.53. The van der Waals surface area contributed by atoms with E-state index in [0.29, 0.717) is 29.8 Å². The summed E-state index contributed by atoms with van der Waals surface area (Å²) in [5.41, 5.74) is 5.74. The van der Waals surface area contributed by atoms with Gasteiger partial charge in [0.1, 0.15) is 5.82 Å². The number of nitrogens with two attached hydrogens (primary N) is 1. The maximum Gasteiger partial charge on any atom is 0.183 e. The lowest BCUT2D eigenvalue weighted by molar-refractivity contribution is 1.08. The molecule has 0 unspecified atom stereocenters. The number of anilines is 4. The average Bonchev–Trinajstić information content (AvgIpc) is 2.72. The molecule has 0 bridgehead atoms. The molecule has 0 radical (unpaired) electrons. The summed E-state index contributed by atoms with van der Waals surface area (Å²) in [6.07, 6.45) is 5.14. The third-order valence-corrected chi connectivity index (χ3v) is 4.21. The second-order valence-electron chi connectivity index (χ2n) is 6.32. The molecular formula is C20H20N8. The molecule has 28 heavy (non-hydrogen) atoms. The highest BCUT2D eigenvalue weighted by Crippen LogP contribution is 2.21. The number of hydrazine groups is 1. The molecule has 0 fully saturated rings. The lowest BCUT2D eigenvalue weighted by atomic mass is 10.1. The van der Waals surface area contributed by atoms with E-state index in [0.717, 1.165) is 22.0 Å². The molecule has 0 aliphatic heterocycles. The third kappa shape index (κ3) is 3.97. The van der Waals surface area contributed by atoms with Crippen LogP contribution in [0.3, 0.4) is 0 Å². The van der Waals surface area contributed by atoms with E-state index in [2.05, 4.69) is 42.1 Å². The van der Waals surface area contributed by atoms with Crippen molar-refractivity contribution in [2.75, 3.05) is 16.1 Å². The second kappa shape index (κ2) is 7.85. The number of nitrogens with one attached hydrogen (secondary N) is 3. The van der Waals surface area contributed by atoms with Crippen molar-refractivity contribution in [1.29, 1.82) is 0 Å². The van der Waals surface area contributed by atoms with E-state index in [9.17, 15) is 0 Å². The Morgan fingerprint density at radius 2 is 1.86 bits per heavy atom. The number of aryl methyl sites for hydroxylation is 1. The Kier molecular flexibility index (Phi) is 4.94. The first-order chi connectivity index (χ1) is 13.7. The quantitative estimate of drug-likeness (QED) is 0.301. The first-order valence-corrected chi connectivity index (χ1v) is 8.82. The lowest BCUT2D eigenvalue weighted by Gasteiger charge is -2.12. The highest BCUT2D eigenvalue weighted by Gasteiger charge is 2.08. The number of aromatic nitrogens is 4. The fraction of sp³-hybridized carbons (Fsp3) is 0.100. The van der Waals surface area contributed by atoms with Crippen molar-refractivity contribution < 1.29 is 0 Å². The Labute approximate surface area is 162 Å². The van der Waals surface area contributed by atoms with Crippen molar-refractivity contribution in [1.82, 2.24) is 19.9 Å². The minimum absolute atomic E-state index is 0.463. The van der Waals surface area contributed by atoms with Crippen LogP contribution < -0.4 is 21.9 Å². The molecule has 140 valence electrons. The first-order valence-electron chi connectivity index (χ1n) is 8.82. The smallest absolute Gasteiger partial charge is 0.183 e. The number of nitrogens with zero attached hydrogens (tertiary/aromatic N) is 4. The van der Waals surface area contributed by atoms with Crippen molar-refractivity contribution in [3.05, 3.63) is 72.2 Å². The summed E-state index contributed by atoms with van der Waals surface area (Å²) in [5.74, 6) is 7.87. The SMILES string of the molecule is Cc1ccnc(Nc2cnc(NN)c(NCc3ccc4ncccc4c3)n2)c1. The molecule has 5 N–H and O–H groups in total. The molecule has 0 amide bonds. The number of pyridine rings is 2. The molecule has 1 aromatic carbocycles. The number of fused-ring (bicyclic) bond motifs is 1. The van der Waals surface area contributed by atoms with E-state index in [-0.39, 0.29) is 0 Å². The fourth-order valence-corrected chi connectivity index (χ4v) is 2.83. The number of benzene rings is 1. The first kappa shape index (κ1) is 17.6. The molecule has 3 aromatic heterocycles. The zero-order valence-corrected chi connectivity index (χ0v) is 15.3. The lowest BCUT2D eigenvalue weighted by Crippen LogP contribution is -2.14.